The van der Waals surface area contributed by atoms with Crippen LogP contribution in [0.3, 0.4) is 0 Å². The van der Waals surface area contributed by atoms with Gasteiger partial charge in [0.1, 0.15) is 0 Å². The predicted molar refractivity (Wildman–Crippen MR) is 63.0 cm³/mol. The lowest BCUT2D eigenvalue weighted by atomic mass is 9.73. The highest BCUT2D eigenvalue weighted by molar-refractivity contribution is 5.83. The molecule has 0 aromatic heterocycles. The maximum Gasteiger partial charge on any atom is 0.330 e. The van der Waals surface area contributed by atoms with Crippen LogP contribution in [0.25, 0.3) is 0 Å². The van der Waals surface area contributed by atoms with Gasteiger partial charge in [-0.1, -0.05) is 12.0 Å². The number of rotatable bonds is 2. The van der Waals surface area contributed by atoms with E-state index in [2.05, 4.69) is 11.9 Å². The molecule has 3 heteroatoms. The molecule has 2 aliphatic rings. The molecule has 2 atom stereocenters. The van der Waals surface area contributed by atoms with E-state index in [-0.39, 0.29) is 5.97 Å². The first-order valence-corrected chi connectivity index (χ1v) is 6.27. The quantitative estimate of drug-likeness (QED) is 0.528. The topological polar surface area (TPSA) is 29.5 Å². The molecule has 2 rings (SSSR count). The van der Waals surface area contributed by atoms with Gasteiger partial charge in [0.05, 0.1) is 6.61 Å². The number of esters is 1. The number of nitrogens with zero attached hydrogens (tertiary/aromatic N) is 1. The Morgan fingerprint density at radius 3 is 2.62 bits per heavy atom. The molecule has 16 heavy (non-hydrogen) atoms. The molecule has 3 nitrogen and oxygen atoms in total. The minimum absolute atomic E-state index is 0.154. The van der Waals surface area contributed by atoms with Crippen molar-refractivity contribution in [1.82, 2.24) is 4.90 Å². The summed E-state index contributed by atoms with van der Waals surface area (Å²) >= 11 is 0. The first kappa shape index (κ1) is 11.6. The van der Waals surface area contributed by atoms with Gasteiger partial charge in [-0.15, -0.1) is 0 Å². The molecule has 1 aliphatic heterocycles. The molecular formula is C13H21NO2. The van der Waals surface area contributed by atoms with Gasteiger partial charge in [0.25, 0.3) is 0 Å². The summed E-state index contributed by atoms with van der Waals surface area (Å²) in [5, 5.41) is 0. The summed E-state index contributed by atoms with van der Waals surface area (Å²) in [7, 11) is 2.17. The van der Waals surface area contributed by atoms with Crippen molar-refractivity contribution in [2.45, 2.75) is 26.2 Å². The van der Waals surface area contributed by atoms with Crippen LogP contribution in [0, 0.1) is 11.8 Å². The van der Waals surface area contributed by atoms with E-state index in [1.54, 1.807) is 6.08 Å². The fourth-order valence-corrected chi connectivity index (χ4v) is 3.05. The third-order valence-electron chi connectivity index (χ3n) is 3.68. The summed E-state index contributed by atoms with van der Waals surface area (Å²) in [5.41, 5.74) is 1.35. The summed E-state index contributed by atoms with van der Waals surface area (Å²) in [5.74, 6) is 1.02. The van der Waals surface area contributed by atoms with E-state index in [9.17, 15) is 4.79 Å². The summed E-state index contributed by atoms with van der Waals surface area (Å²) in [6.07, 6.45) is 5.53. The van der Waals surface area contributed by atoms with Crippen LogP contribution in [-0.2, 0) is 9.53 Å². The van der Waals surface area contributed by atoms with Crippen LogP contribution < -0.4 is 0 Å². The molecule has 0 aromatic rings. The lowest BCUT2D eigenvalue weighted by Gasteiger charge is -2.42. The van der Waals surface area contributed by atoms with Gasteiger partial charge in [-0.25, -0.2) is 4.79 Å². The molecule has 0 spiro atoms. The molecule has 1 saturated carbocycles. The monoisotopic (exact) mass is 223 g/mol. The van der Waals surface area contributed by atoms with E-state index >= 15 is 0 Å². The number of hydrogen-bond acceptors (Lipinski definition) is 3. The third-order valence-corrected chi connectivity index (χ3v) is 3.68. The summed E-state index contributed by atoms with van der Waals surface area (Å²) in [6, 6.07) is 0. The fourth-order valence-electron chi connectivity index (χ4n) is 3.05. The van der Waals surface area contributed by atoms with E-state index in [4.69, 9.17) is 4.74 Å². The normalized spacial score (nSPS) is 30.0. The highest BCUT2D eigenvalue weighted by Gasteiger charge is 2.33. The van der Waals surface area contributed by atoms with Gasteiger partial charge in [-0.2, -0.15) is 0 Å². The Bertz CT molecular complexity index is 282. The van der Waals surface area contributed by atoms with Crippen molar-refractivity contribution in [3.8, 4) is 0 Å². The molecule has 1 aliphatic carbocycles. The maximum atomic E-state index is 11.5. The number of ether oxygens (including phenoxy) is 1. The lowest BCUT2D eigenvalue weighted by Crippen LogP contribution is -2.42. The number of carbonyl (C=O) groups excluding carboxylic acids is 1. The largest absolute Gasteiger partial charge is 0.463 e. The highest BCUT2D eigenvalue weighted by Crippen LogP contribution is 2.38. The van der Waals surface area contributed by atoms with E-state index in [1.165, 1.54) is 24.8 Å². The molecule has 2 bridgehead atoms. The molecule has 90 valence electrons. The van der Waals surface area contributed by atoms with Crippen molar-refractivity contribution in [1.29, 1.82) is 0 Å². The van der Waals surface area contributed by atoms with E-state index in [0.29, 0.717) is 18.4 Å². The van der Waals surface area contributed by atoms with Crippen molar-refractivity contribution in [2.75, 3.05) is 26.7 Å². The third kappa shape index (κ3) is 2.46. The number of fused-ring (bicyclic) bond motifs is 2. The van der Waals surface area contributed by atoms with Crippen molar-refractivity contribution in [2.24, 2.45) is 11.8 Å². The fraction of sp³-hybridized carbons (Fsp3) is 0.769. The maximum absolute atomic E-state index is 11.5. The van der Waals surface area contributed by atoms with Crippen molar-refractivity contribution in [3.05, 3.63) is 11.6 Å². The number of carbonyl (C=O) groups is 1. The van der Waals surface area contributed by atoms with Crippen LogP contribution in [0.15, 0.2) is 11.6 Å². The van der Waals surface area contributed by atoms with Crippen LogP contribution in [-0.4, -0.2) is 37.6 Å². The molecule has 2 unspecified atom stereocenters. The Morgan fingerprint density at radius 1 is 1.44 bits per heavy atom. The van der Waals surface area contributed by atoms with Crippen molar-refractivity contribution in [3.63, 3.8) is 0 Å². The SMILES string of the molecule is CCOC(=O)C=C1C2CCCC1CN(C)C2. The van der Waals surface area contributed by atoms with E-state index in [0.717, 1.165) is 13.1 Å². The van der Waals surface area contributed by atoms with Crippen LogP contribution in [0.2, 0.25) is 0 Å². The van der Waals surface area contributed by atoms with Crippen molar-refractivity contribution >= 4 is 5.97 Å². The number of likely N-dealkylation sites (tertiary alicyclic amines) is 1. The molecule has 0 N–H and O–H groups in total. The molecule has 0 radical (unpaired) electrons. The van der Waals surface area contributed by atoms with Gasteiger partial charge in [-0.3, -0.25) is 0 Å². The summed E-state index contributed by atoms with van der Waals surface area (Å²) in [6.45, 7) is 4.52. The van der Waals surface area contributed by atoms with Gasteiger partial charge in [0.2, 0.25) is 0 Å². The Morgan fingerprint density at radius 2 is 2.06 bits per heavy atom. The number of piperidine rings is 1. The van der Waals surface area contributed by atoms with Crippen LogP contribution in [0.1, 0.15) is 26.2 Å². The molecular weight excluding hydrogens is 202 g/mol. The zero-order valence-electron chi connectivity index (χ0n) is 10.2. The minimum atomic E-state index is -0.154. The molecule has 2 fully saturated rings. The summed E-state index contributed by atoms with van der Waals surface area (Å²) < 4.78 is 5.01. The minimum Gasteiger partial charge on any atom is -0.463 e. The second-order valence-electron chi connectivity index (χ2n) is 4.94. The Labute approximate surface area is 97.5 Å². The van der Waals surface area contributed by atoms with Gasteiger partial charge in [0.15, 0.2) is 0 Å². The van der Waals surface area contributed by atoms with Gasteiger partial charge < -0.3 is 9.64 Å². The second kappa shape index (κ2) is 5.00. The highest BCUT2D eigenvalue weighted by atomic mass is 16.5. The van der Waals surface area contributed by atoms with Gasteiger partial charge in [0, 0.05) is 19.2 Å². The van der Waals surface area contributed by atoms with E-state index in [1.807, 2.05) is 6.92 Å². The molecule has 0 amide bonds. The first-order valence-electron chi connectivity index (χ1n) is 6.27. The second-order valence-corrected chi connectivity index (χ2v) is 4.94. The smallest absolute Gasteiger partial charge is 0.330 e. The molecule has 1 heterocycles. The number of hydrogen-bond donors (Lipinski definition) is 0. The standard InChI is InChI=1S/C13H21NO2/c1-3-16-13(15)7-12-10-5-4-6-11(12)9-14(2)8-10/h7,10-11H,3-6,8-9H2,1-2H3. The molecule has 1 saturated heterocycles. The average Bonchev–Trinajstić information content (AvgIpc) is 2.19. The Balaban J connectivity index is 2.11. The Hall–Kier alpha value is -0.830. The zero-order valence-corrected chi connectivity index (χ0v) is 10.2. The van der Waals surface area contributed by atoms with Crippen LogP contribution in [0.4, 0.5) is 0 Å². The van der Waals surface area contributed by atoms with Gasteiger partial charge in [-0.05, 0) is 38.6 Å². The average molecular weight is 223 g/mol. The van der Waals surface area contributed by atoms with Crippen molar-refractivity contribution < 1.29 is 9.53 Å². The van der Waals surface area contributed by atoms with Crippen LogP contribution >= 0.6 is 0 Å². The molecule has 0 aromatic carbocycles. The zero-order chi connectivity index (χ0) is 11.5. The summed E-state index contributed by atoms with van der Waals surface area (Å²) in [4.78, 5) is 13.9. The predicted octanol–water partition coefficient (Wildman–Crippen LogP) is 1.84. The first-order chi connectivity index (χ1) is 7.70. The van der Waals surface area contributed by atoms with E-state index < -0.39 is 0 Å². The Kier molecular flexibility index (Phi) is 3.64. The lowest BCUT2D eigenvalue weighted by molar-refractivity contribution is -0.137. The van der Waals surface area contributed by atoms with Crippen LogP contribution in [0.5, 0.6) is 0 Å². The van der Waals surface area contributed by atoms with Gasteiger partial charge >= 0.3 is 5.97 Å².